The van der Waals surface area contributed by atoms with Gasteiger partial charge in [0.25, 0.3) is 0 Å². The molecule has 3 heterocycles. The summed E-state index contributed by atoms with van der Waals surface area (Å²) in [7, 11) is 0. The molecule has 8 aromatic carbocycles. The minimum absolute atomic E-state index is 0.543. The quantitative estimate of drug-likeness (QED) is 0.179. The lowest BCUT2D eigenvalue weighted by Gasteiger charge is -2.12. The molecule has 0 aliphatic heterocycles. The Morgan fingerprint density at radius 1 is 0.333 bits per heavy atom. The zero-order chi connectivity index (χ0) is 35.6. The number of benzene rings is 8. The molecule has 0 spiro atoms. The van der Waals surface area contributed by atoms with E-state index in [1.165, 1.54) is 0 Å². The van der Waals surface area contributed by atoms with Crippen molar-refractivity contribution in [3.8, 4) is 56.7 Å². The molecule has 0 bridgehead atoms. The van der Waals surface area contributed by atoms with E-state index < -0.39 is 0 Å². The Labute approximate surface area is 309 Å². The van der Waals surface area contributed by atoms with E-state index in [0.29, 0.717) is 28.9 Å². The van der Waals surface area contributed by atoms with Crippen LogP contribution in [0.15, 0.2) is 179 Å². The van der Waals surface area contributed by atoms with Crippen molar-refractivity contribution in [3.63, 3.8) is 0 Å². The molecule has 6 nitrogen and oxygen atoms in total. The lowest BCUT2D eigenvalue weighted by molar-refractivity contribution is 0.623. The Kier molecular flexibility index (Phi) is 6.75. The van der Waals surface area contributed by atoms with Crippen LogP contribution in [0.5, 0.6) is 0 Å². The van der Waals surface area contributed by atoms with E-state index in [1.54, 1.807) is 0 Å². The van der Waals surface area contributed by atoms with Gasteiger partial charge in [-0.15, -0.1) is 0 Å². The first-order chi connectivity index (χ1) is 26.7. The smallest absolute Gasteiger partial charge is 0.227 e. The van der Waals surface area contributed by atoms with Gasteiger partial charge in [-0.2, -0.15) is 0 Å². The van der Waals surface area contributed by atoms with Crippen LogP contribution in [0, 0.1) is 0 Å². The van der Waals surface area contributed by atoms with Gasteiger partial charge in [0.05, 0.1) is 0 Å². The summed E-state index contributed by atoms with van der Waals surface area (Å²) in [6.45, 7) is 0. The molecule has 3 aromatic heterocycles. The van der Waals surface area contributed by atoms with Crippen molar-refractivity contribution < 1.29 is 8.83 Å². The molecule has 11 rings (SSSR count). The van der Waals surface area contributed by atoms with E-state index in [4.69, 9.17) is 28.8 Å². The third kappa shape index (κ3) is 5.04. The number of rotatable bonds is 5. The van der Waals surface area contributed by atoms with Gasteiger partial charge in [-0.05, 0) is 87.9 Å². The number of oxazole rings is 1. The maximum Gasteiger partial charge on any atom is 0.227 e. The van der Waals surface area contributed by atoms with Crippen LogP contribution in [0.4, 0.5) is 0 Å². The second kappa shape index (κ2) is 12.1. The fourth-order valence-corrected chi connectivity index (χ4v) is 7.45. The van der Waals surface area contributed by atoms with Gasteiger partial charge < -0.3 is 8.83 Å². The predicted octanol–water partition coefficient (Wildman–Crippen LogP) is 12.6. The van der Waals surface area contributed by atoms with Gasteiger partial charge in [0.1, 0.15) is 16.7 Å². The van der Waals surface area contributed by atoms with Crippen molar-refractivity contribution in [1.29, 1.82) is 0 Å². The minimum Gasteiger partial charge on any atom is -0.456 e. The highest BCUT2D eigenvalue weighted by Gasteiger charge is 2.21. The van der Waals surface area contributed by atoms with Crippen molar-refractivity contribution in [2.45, 2.75) is 0 Å². The molecule has 0 saturated carbocycles. The van der Waals surface area contributed by atoms with Gasteiger partial charge in [0.2, 0.25) is 5.89 Å². The van der Waals surface area contributed by atoms with Crippen LogP contribution >= 0.6 is 0 Å². The van der Waals surface area contributed by atoms with Gasteiger partial charge in [0.15, 0.2) is 23.1 Å². The predicted molar refractivity (Wildman–Crippen MR) is 217 cm³/mol. The molecule has 0 fully saturated rings. The van der Waals surface area contributed by atoms with Crippen molar-refractivity contribution in [3.05, 3.63) is 170 Å². The molecule has 0 atom stereocenters. The van der Waals surface area contributed by atoms with Gasteiger partial charge in [-0.3, -0.25) is 0 Å². The Morgan fingerprint density at radius 3 is 1.80 bits per heavy atom. The number of hydrogen-bond donors (Lipinski definition) is 0. The highest BCUT2D eigenvalue weighted by molar-refractivity contribution is 6.12. The highest BCUT2D eigenvalue weighted by Crippen LogP contribution is 2.40. The van der Waals surface area contributed by atoms with Crippen LogP contribution < -0.4 is 0 Å². The molecule has 0 aliphatic rings. The molecular weight excluding hydrogens is 665 g/mol. The Hall–Kier alpha value is -7.44. The van der Waals surface area contributed by atoms with Crippen LogP contribution in [-0.4, -0.2) is 19.9 Å². The molecular formula is C48H28N4O2. The van der Waals surface area contributed by atoms with Crippen molar-refractivity contribution in [2.24, 2.45) is 0 Å². The lowest BCUT2D eigenvalue weighted by Crippen LogP contribution is -2.01. The SMILES string of the molecule is c1ccc(-c2ccc3c(c2)c(-c2nc(-c4ccc5ccccc5c4)nc(-c4ccc5oc6ccccc6c5c4)n2)cc2nc(-c4ccccc4)oc23)cc1. The maximum absolute atomic E-state index is 6.53. The number of nitrogens with zero attached hydrogens (tertiary/aromatic N) is 4. The van der Waals surface area contributed by atoms with Gasteiger partial charge in [-0.1, -0.05) is 109 Å². The zero-order valence-corrected chi connectivity index (χ0v) is 28.8. The second-order valence-corrected chi connectivity index (χ2v) is 13.5. The fourth-order valence-electron chi connectivity index (χ4n) is 7.45. The largest absolute Gasteiger partial charge is 0.456 e. The zero-order valence-electron chi connectivity index (χ0n) is 28.8. The first-order valence-electron chi connectivity index (χ1n) is 17.9. The molecule has 0 N–H and O–H groups in total. The molecule has 0 aliphatic carbocycles. The van der Waals surface area contributed by atoms with E-state index in [9.17, 15) is 0 Å². The average molecular weight is 693 g/mol. The van der Waals surface area contributed by atoms with Gasteiger partial charge in [0, 0.05) is 38.4 Å². The topological polar surface area (TPSA) is 77.8 Å². The summed E-state index contributed by atoms with van der Waals surface area (Å²) in [4.78, 5) is 20.6. The Morgan fingerprint density at radius 2 is 0.963 bits per heavy atom. The first-order valence-corrected chi connectivity index (χ1v) is 17.9. The second-order valence-electron chi connectivity index (χ2n) is 13.5. The van der Waals surface area contributed by atoms with E-state index in [2.05, 4.69) is 97.1 Å². The Bertz CT molecular complexity index is 3220. The monoisotopic (exact) mass is 692 g/mol. The van der Waals surface area contributed by atoms with E-state index in [0.717, 1.165) is 82.4 Å². The summed E-state index contributed by atoms with van der Waals surface area (Å²) in [5, 5.41) is 6.20. The highest BCUT2D eigenvalue weighted by atomic mass is 16.3. The standard InChI is InChI=1S/C48H28N4O2/c1-3-11-29(12-4-1)33-21-23-37-38(26-33)40(28-41-44(37)54-48(49-41)31-14-5-2-6-15-31)47-51-45(34-20-19-30-13-7-8-16-32(30)25-34)50-46(52-47)35-22-24-43-39(27-35)36-17-9-10-18-42(36)53-43/h1-28H. The average Bonchev–Trinajstić information content (AvgIpc) is 3.85. The summed E-state index contributed by atoms with van der Waals surface area (Å²) in [5.41, 5.74) is 8.80. The van der Waals surface area contributed by atoms with E-state index in [-0.39, 0.29) is 0 Å². The van der Waals surface area contributed by atoms with Gasteiger partial charge in [-0.25, -0.2) is 19.9 Å². The molecule has 11 aromatic rings. The summed E-state index contributed by atoms with van der Waals surface area (Å²) in [6, 6.07) is 57.8. The molecule has 252 valence electrons. The van der Waals surface area contributed by atoms with Crippen LogP contribution in [0.2, 0.25) is 0 Å². The molecule has 0 unspecified atom stereocenters. The molecule has 0 radical (unpaired) electrons. The lowest BCUT2D eigenvalue weighted by atomic mass is 9.97. The van der Waals surface area contributed by atoms with Crippen LogP contribution in [0.3, 0.4) is 0 Å². The summed E-state index contributed by atoms with van der Waals surface area (Å²) in [6.07, 6.45) is 0. The maximum atomic E-state index is 6.53. The number of para-hydroxylation sites is 1. The van der Waals surface area contributed by atoms with Crippen LogP contribution in [0.1, 0.15) is 0 Å². The van der Waals surface area contributed by atoms with Gasteiger partial charge >= 0.3 is 0 Å². The molecule has 6 heteroatoms. The first kappa shape index (κ1) is 30.2. The van der Waals surface area contributed by atoms with Crippen molar-refractivity contribution in [1.82, 2.24) is 19.9 Å². The Balaban J connectivity index is 1.19. The normalized spacial score (nSPS) is 11.7. The van der Waals surface area contributed by atoms with E-state index in [1.807, 2.05) is 72.8 Å². The van der Waals surface area contributed by atoms with Crippen LogP contribution in [0.25, 0.3) is 111 Å². The van der Waals surface area contributed by atoms with Crippen molar-refractivity contribution >= 4 is 54.6 Å². The number of hydrogen-bond acceptors (Lipinski definition) is 6. The number of aromatic nitrogens is 4. The molecule has 54 heavy (non-hydrogen) atoms. The molecule has 0 amide bonds. The minimum atomic E-state index is 0.543. The molecule has 0 saturated heterocycles. The van der Waals surface area contributed by atoms with Crippen molar-refractivity contribution in [2.75, 3.05) is 0 Å². The summed E-state index contributed by atoms with van der Waals surface area (Å²) in [5.74, 6) is 2.25. The third-order valence-corrected chi connectivity index (χ3v) is 10.1. The summed E-state index contributed by atoms with van der Waals surface area (Å²) >= 11 is 0. The number of fused-ring (bicyclic) bond motifs is 7. The summed E-state index contributed by atoms with van der Waals surface area (Å²) < 4.78 is 12.7. The number of furan rings is 1. The fraction of sp³-hybridized carbons (Fsp3) is 0. The van der Waals surface area contributed by atoms with Crippen LogP contribution in [-0.2, 0) is 0 Å². The third-order valence-electron chi connectivity index (χ3n) is 10.1. The van der Waals surface area contributed by atoms with E-state index >= 15 is 0 Å².